The molecule has 0 radical (unpaired) electrons. The Hall–Kier alpha value is -2.26. The highest BCUT2D eigenvalue weighted by Crippen LogP contribution is 2.29. The summed E-state index contributed by atoms with van der Waals surface area (Å²) in [6.45, 7) is 1.54. The molecule has 120 valence electrons. The number of rotatable bonds is 8. The Morgan fingerprint density at radius 2 is 1.52 bits per heavy atom. The highest BCUT2D eigenvalue weighted by molar-refractivity contribution is 5.98. The molecule has 3 nitrogen and oxygen atoms in total. The Labute approximate surface area is 137 Å². The van der Waals surface area contributed by atoms with Crippen molar-refractivity contribution in [2.45, 2.75) is 32.3 Å². The third-order valence-electron chi connectivity index (χ3n) is 3.96. The Balaban J connectivity index is 2.20. The van der Waals surface area contributed by atoms with Crippen LogP contribution in [0, 0.1) is 5.92 Å². The summed E-state index contributed by atoms with van der Waals surface area (Å²) in [5.41, 5.74) is 1.32. The van der Waals surface area contributed by atoms with Gasteiger partial charge >= 0.3 is 0 Å². The maximum absolute atomic E-state index is 12.8. The summed E-state index contributed by atoms with van der Waals surface area (Å²) in [6, 6.07) is 18.2. The first-order chi connectivity index (χ1) is 11.1. The van der Waals surface area contributed by atoms with Crippen LogP contribution in [0.4, 0.5) is 0 Å². The number of Topliss-reactive ketones (excluding diaryl/α,β-unsaturated/α-hetero) is 2. The summed E-state index contributed by atoms with van der Waals surface area (Å²) in [5.74, 6) is -0.519. The zero-order valence-electron chi connectivity index (χ0n) is 13.3. The Morgan fingerprint density at radius 3 is 2.09 bits per heavy atom. The lowest BCUT2D eigenvalue weighted by Gasteiger charge is -2.22. The van der Waals surface area contributed by atoms with E-state index < -0.39 is 12.0 Å². The van der Waals surface area contributed by atoms with Crippen molar-refractivity contribution >= 4 is 11.6 Å². The standard InChI is InChI=1S/C20H22O3/c1-15(21)9-8-14-18(19(22)16-10-4-2-5-11-16)20(23)17-12-6-3-7-13-17/h2-7,10-13,18-19,22H,8-9,14H2,1H3. The minimum Gasteiger partial charge on any atom is -0.388 e. The van der Waals surface area contributed by atoms with Crippen LogP contribution >= 0.6 is 0 Å². The number of aliphatic hydroxyl groups excluding tert-OH is 1. The first-order valence-corrected chi connectivity index (χ1v) is 7.91. The van der Waals surface area contributed by atoms with Gasteiger partial charge in [0.05, 0.1) is 12.0 Å². The Bertz CT molecular complexity index is 634. The van der Waals surface area contributed by atoms with Crippen molar-refractivity contribution in [2.75, 3.05) is 0 Å². The normalized spacial score (nSPS) is 13.3. The van der Waals surface area contributed by atoms with Gasteiger partial charge in [-0.25, -0.2) is 0 Å². The van der Waals surface area contributed by atoms with E-state index in [1.165, 1.54) is 0 Å². The van der Waals surface area contributed by atoms with Crippen LogP contribution < -0.4 is 0 Å². The molecule has 0 heterocycles. The van der Waals surface area contributed by atoms with Gasteiger partial charge in [-0.05, 0) is 25.3 Å². The number of hydrogen-bond donors (Lipinski definition) is 1. The fraction of sp³-hybridized carbons (Fsp3) is 0.300. The zero-order valence-corrected chi connectivity index (χ0v) is 13.3. The largest absolute Gasteiger partial charge is 0.388 e. The van der Waals surface area contributed by atoms with Crippen molar-refractivity contribution in [1.82, 2.24) is 0 Å². The molecule has 3 heteroatoms. The van der Waals surface area contributed by atoms with Gasteiger partial charge in [0.15, 0.2) is 5.78 Å². The van der Waals surface area contributed by atoms with Gasteiger partial charge in [0.25, 0.3) is 0 Å². The van der Waals surface area contributed by atoms with Crippen LogP contribution in [-0.4, -0.2) is 16.7 Å². The quantitative estimate of drug-likeness (QED) is 0.750. The van der Waals surface area contributed by atoms with E-state index in [2.05, 4.69) is 0 Å². The SMILES string of the molecule is CC(=O)CCCC(C(=O)c1ccccc1)C(O)c1ccccc1. The number of benzene rings is 2. The van der Waals surface area contributed by atoms with E-state index in [4.69, 9.17) is 0 Å². The minimum absolute atomic E-state index is 0.0782. The molecule has 0 aromatic heterocycles. The molecule has 0 bridgehead atoms. The highest BCUT2D eigenvalue weighted by Gasteiger charge is 2.28. The topological polar surface area (TPSA) is 54.4 Å². The van der Waals surface area contributed by atoms with Gasteiger partial charge < -0.3 is 9.90 Å². The number of ketones is 2. The van der Waals surface area contributed by atoms with E-state index in [9.17, 15) is 14.7 Å². The zero-order chi connectivity index (χ0) is 16.7. The Morgan fingerprint density at radius 1 is 0.957 bits per heavy atom. The van der Waals surface area contributed by atoms with Gasteiger partial charge in [-0.2, -0.15) is 0 Å². The molecule has 0 aliphatic carbocycles. The molecular weight excluding hydrogens is 288 g/mol. The van der Waals surface area contributed by atoms with Crippen LogP contribution in [0.2, 0.25) is 0 Å². The van der Waals surface area contributed by atoms with E-state index >= 15 is 0 Å². The molecule has 0 amide bonds. The maximum atomic E-state index is 12.8. The molecular formula is C20H22O3. The lowest BCUT2D eigenvalue weighted by atomic mass is 9.85. The average molecular weight is 310 g/mol. The smallest absolute Gasteiger partial charge is 0.168 e. The van der Waals surface area contributed by atoms with Gasteiger partial charge in [0, 0.05) is 12.0 Å². The lowest BCUT2D eigenvalue weighted by molar-refractivity contribution is -0.117. The third kappa shape index (κ3) is 4.86. The fourth-order valence-electron chi connectivity index (χ4n) is 2.70. The molecule has 2 aromatic carbocycles. The van der Waals surface area contributed by atoms with Crippen molar-refractivity contribution in [3.63, 3.8) is 0 Å². The minimum atomic E-state index is -0.865. The lowest BCUT2D eigenvalue weighted by Crippen LogP contribution is -2.23. The molecule has 2 atom stereocenters. The van der Waals surface area contributed by atoms with Gasteiger partial charge in [0.2, 0.25) is 0 Å². The molecule has 23 heavy (non-hydrogen) atoms. The fourth-order valence-corrected chi connectivity index (χ4v) is 2.70. The van der Waals surface area contributed by atoms with Crippen molar-refractivity contribution in [1.29, 1.82) is 0 Å². The van der Waals surface area contributed by atoms with Crippen molar-refractivity contribution < 1.29 is 14.7 Å². The predicted molar refractivity (Wildman–Crippen MR) is 90.2 cm³/mol. The van der Waals surface area contributed by atoms with E-state index in [0.29, 0.717) is 24.8 Å². The summed E-state index contributed by atoms with van der Waals surface area (Å²) in [5, 5.41) is 10.7. The molecule has 2 aromatic rings. The highest BCUT2D eigenvalue weighted by atomic mass is 16.3. The van der Waals surface area contributed by atoms with E-state index in [1.54, 1.807) is 19.1 Å². The summed E-state index contributed by atoms with van der Waals surface area (Å²) < 4.78 is 0. The van der Waals surface area contributed by atoms with Crippen molar-refractivity contribution in [2.24, 2.45) is 5.92 Å². The predicted octanol–water partition coefficient (Wildman–Crippen LogP) is 3.98. The molecule has 2 unspecified atom stereocenters. The van der Waals surface area contributed by atoms with Crippen LogP contribution in [0.15, 0.2) is 60.7 Å². The molecule has 0 saturated heterocycles. The molecule has 0 aliphatic heterocycles. The molecule has 0 aliphatic rings. The third-order valence-corrected chi connectivity index (χ3v) is 3.96. The van der Waals surface area contributed by atoms with Crippen LogP contribution in [0.3, 0.4) is 0 Å². The molecule has 1 N–H and O–H groups in total. The van der Waals surface area contributed by atoms with Crippen molar-refractivity contribution in [3.8, 4) is 0 Å². The van der Waals surface area contributed by atoms with E-state index in [-0.39, 0.29) is 11.6 Å². The van der Waals surface area contributed by atoms with Crippen LogP contribution in [0.25, 0.3) is 0 Å². The number of carbonyl (C=O) groups is 2. The average Bonchev–Trinajstić information content (AvgIpc) is 2.59. The van der Waals surface area contributed by atoms with Gasteiger partial charge in [-0.3, -0.25) is 4.79 Å². The molecule has 0 fully saturated rings. The maximum Gasteiger partial charge on any atom is 0.168 e. The van der Waals surface area contributed by atoms with E-state index in [0.717, 1.165) is 5.56 Å². The van der Waals surface area contributed by atoms with Crippen LogP contribution in [-0.2, 0) is 4.79 Å². The van der Waals surface area contributed by atoms with Gasteiger partial charge in [-0.1, -0.05) is 60.7 Å². The summed E-state index contributed by atoms with van der Waals surface area (Å²) in [4.78, 5) is 23.9. The Kier molecular flexibility index (Phi) is 6.24. The van der Waals surface area contributed by atoms with Crippen molar-refractivity contribution in [3.05, 3.63) is 71.8 Å². The second-order valence-electron chi connectivity index (χ2n) is 5.79. The van der Waals surface area contributed by atoms with Gasteiger partial charge in [0.1, 0.15) is 5.78 Å². The molecule has 2 rings (SSSR count). The van der Waals surface area contributed by atoms with Crippen LogP contribution in [0.1, 0.15) is 48.2 Å². The molecule has 0 saturated carbocycles. The monoisotopic (exact) mass is 310 g/mol. The first-order valence-electron chi connectivity index (χ1n) is 7.91. The van der Waals surface area contributed by atoms with Gasteiger partial charge in [-0.15, -0.1) is 0 Å². The summed E-state index contributed by atoms with van der Waals surface area (Å²) in [6.07, 6.45) is 0.655. The number of carbonyl (C=O) groups excluding carboxylic acids is 2. The first kappa shape index (κ1) is 17.1. The molecule has 0 spiro atoms. The number of hydrogen-bond acceptors (Lipinski definition) is 3. The second-order valence-corrected chi connectivity index (χ2v) is 5.79. The number of aliphatic hydroxyl groups is 1. The summed E-state index contributed by atoms with van der Waals surface area (Å²) in [7, 11) is 0. The second kappa shape index (κ2) is 8.39. The van der Waals surface area contributed by atoms with E-state index in [1.807, 2.05) is 48.5 Å². The van der Waals surface area contributed by atoms with Crippen LogP contribution in [0.5, 0.6) is 0 Å². The summed E-state index contributed by atoms with van der Waals surface area (Å²) >= 11 is 0.